The Bertz CT molecular complexity index is 1170. The van der Waals surface area contributed by atoms with Gasteiger partial charge in [0.25, 0.3) is 10.0 Å². The summed E-state index contributed by atoms with van der Waals surface area (Å²) in [6, 6.07) is 11.0. The van der Waals surface area contributed by atoms with Crippen LogP contribution in [0.1, 0.15) is 53.0 Å². The Morgan fingerprint density at radius 1 is 0.935 bits per heavy atom. The van der Waals surface area contributed by atoms with Gasteiger partial charge in [-0.05, 0) is 37.5 Å². The minimum Gasteiger partial charge on any atom is -0.367 e. The summed E-state index contributed by atoms with van der Waals surface area (Å²) in [7, 11) is -4.36. The lowest BCUT2D eigenvalue weighted by atomic mass is 9.91. The maximum absolute atomic E-state index is 13.4. The van der Waals surface area contributed by atoms with E-state index in [4.69, 9.17) is 11.6 Å². The second-order valence-electron chi connectivity index (χ2n) is 7.44. The number of nitrogens with zero attached hydrogens (tertiary/aromatic N) is 1. The van der Waals surface area contributed by atoms with Crippen molar-refractivity contribution >= 4 is 38.9 Å². The van der Waals surface area contributed by atoms with Gasteiger partial charge < -0.3 is 4.90 Å². The fourth-order valence-corrected chi connectivity index (χ4v) is 5.16. The number of nitrogens with one attached hydrogen (secondary N) is 1. The molecule has 8 heteroatoms. The lowest BCUT2D eigenvalue weighted by Crippen LogP contribution is -2.38. The number of benzene rings is 2. The topological polar surface area (TPSA) is 83.6 Å². The lowest BCUT2D eigenvalue weighted by Gasteiger charge is -2.31. The van der Waals surface area contributed by atoms with Crippen LogP contribution in [0.25, 0.3) is 0 Å². The molecule has 0 spiro atoms. The number of carbonyl (C=O) groups is 2. The van der Waals surface area contributed by atoms with Crippen LogP contribution in [0, 0.1) is 6.92 Å². The number of rotatable bonds is 8. The molecule has 0 atom stereocenters. The second kappa shape index (κ2) is 9.24. The molecule has 1 aliphatic carbocycles. The molecule has 1 N–H and O–H groups in total. The number of carbonyl (C=O) groups excluding carboxylic acids is 2. The zero-order valence-electron chi connectivity index (χ0n) is 17.7. The molecule has 2 aromatic rings. The van der Waals surface area contributed by atoms with Crippen LogP contribution in [0.2, 0.25) is 5.02 Å². The molecular weight excluding hydrogens is 436 g/mol. The molecular formula is C23H25ClN2O4S. The van der Waals surface area contributed by atoms with E-state index >= 15 is 0 Å². The molecule has 0 saturated carbocycles. The third-order valence-corrected chi connectivity index (χ3v) is 6.88. The highest BCUT2D eigenvalue weighted by Gasteiger charge is 2.41. The third-order valence-electron chi connectivity index (χ3n) is 5.05. The van der Waals surface area contributed by atoms with E-state index in [-0.39, 0.29) is 22.5 Å². The van der Waals surface area contributed by atoms with Crippen molar-refractivity contribution in [3.63, 3.8) is 0 Å². The van der Waals surface area contributed by atoms with Crippen molar-refractivity contribution < 1.29 is 18.0 Å². The zero-order chi connectivity index (χ0) is 22.8. The Balaban J connectivity index is 2.20. The van der Waals surface area contributed by atoms with Crippen molar-refractivity contribution in [3.8, 4) is 0 Å². The Morgan fingerprint density at radius 2 is 1.52 bits per heavy atom. The summed E-state index contributed by atoms with van der Waals surface area (Å²) in [5.41, 5.74) is 1.25. The van der Waals surface area contributed by atoms with Crippen LogP contribution in [0.4, 0.5) is 5.69 Å². The van der Waals surface area contributed by atoms with Crippen LogP contribution in [0.3, 0.4) is 0 Å². The highest BCUT2D eigenvalue weighted by molar-refractivity contribution is 7.97. The molecule has 0 radical (unpaired) electrons. The first kappa shape index (κ1) is 23.0. The number of aryl methyl sites for hydroxylation is 1. The summed E-state index contributed by atoms with van der Waals surface area (Å²) in [6.45, 7) is 6.59. The summed E-state index contributed by atoms with van der Waals surface area (Å²) in [5, 5.41) is 0.393. The van der Waals surface area contributed by atoms with Crippen LogP contribution in [-0.2, 0) is 10.0 Å². The Morgan fingerprint density at radius 3 is 2.06 bits per heavy atom. The van der Waals surface area contributed by atoms with Gasteiger partial charge in [-0.2, -0.15) is 0 Å². The first-order valence-corrected chi connectivity index (χ1v) is 12.0. The summed E-state index contributed by atoms with van der Waals surface area (Å²) >= 11 is 6.13. The van der Waals surface area contributed by atoms with Gasteiger partial charge in [0.15, 0.2) is 4.91 Å². The number of Topliss-reactive ketones (excluding diaryl/α,β-unsaturated/α-hetero) is 2. The monoisotopic (exact) mass is 460 g/mol. The van der Waals surface area contributed by atoms with Crippen molar-refractivity contribution in [2.75, 3.05) is 17.8 Å². The molecule has 0 saturated heterocycles. The van der Waals surface area contributed by atoms with Gasteiger partial charge in [0.2, 0.25) is 11.6 Å². The Labute approximate surface area is 188 Å². The van der Waals surface area contributed by atoms with E-state index in [1.54, 1.807) is 42.2 Å². The van der Waals surface area contributed by atoms with E-state index in [1.807, 2.05) is 13.8 Å². The highest BCUT2D eigenvalue weighted by Crippen LogP contribution is 2.33. The third kappa shape index (κ3) is 4.52. The Kier molecular flexibility index (Phi) is 6.86. The number of sulfonamides is 1. The van der Waals surface area contributed by atoms with Gasteiger partial charge in [-0.1, -0.05) is 55.8 Å². The number of ketones is 2. The number of hydrogen-bond donors (Lipinski definition) is 1. The number of anilines is 1. The molecule has 6 nitrogen and oxygen atoms in total. The standard InChI is InChI=1S/C23H25ClN2O4S/c1-4-12-26(13-5-2)20-21(27)17-8-6-7-9-18(17)22(28)23(20)31(29,30)25-16-11-10-15(3)19(24)14-16/h6-11,14,25H,4-5,12-13H2,1-3H3. The van der Waals surface area contributed by atoms with E-state index in [2.05, 4.69) is 4.72 Å². The molecule has 0 bridgehead atoms. The molecule has 0 amide bonds. The van der Waals surface area contributed by atoms with Gasteiger partial charge >= 0.3 is 0 Å². The molecule has 0 unspecified atom stereocenters. The molecule has 2 aromatic carbocycles. The van der Waals surface area contributed by atoms with Crippen LogP contribution < -0.4 is 4.72 Å². The predicted octanol–water partition coefficient (Wildman–Crippen LogP) is 4.80. The van der Waals surface area contributed by atoms with Crippen LogP contribution in [-0.4, -0.2) is 38.0 Å². The van der Waals surface area contributed by atoms with E-state index in [9.17, 15) is 18.0 Å². The normalized spacial score (nSPS) is 13.9. The molecule has 31 heavy (non-hydrogen) atoms. The SMILES string of the molecule is CCCN(CCC)C1=C(S(=O)(=O)Nc2ccc(C)c(Cl)c2)C(=O)c2ccccc2C1=O. The minimum absolute atomic E-state index is 0.0712. The van der Waals surface area contributed by atoms with Gasteiger partial charge in [0.05, 0.1) is 5.69 Å². The number of halogens is 1. The average molecular weight is 461 g/mol. The van der Waals surface area contributed by atoms with E-state index in [0.29, 0.717) is 31.0 Å². The van der Waals surface area contributed by atoms with Gasteiger partial charge in [-0.15, -0.1) is 0 Å². The van der Waals surface area contributed by atoms with Gasteiger partial charge in [0, 0.05) is 29.2 Å². The molecule has 0 aromatic heterocycles. The number of fused-ring (bicyclic) bond motifs is 1. The fraction of sp³-hybridized carbons (Fsp3) is 0.304. The second-order valence-corrected chi connectivity index (χ2v) is 9.46. The Hall–Kier alpha value is -2.64. The van der Waals surface area contributed by atoms with Gasteiger partial charge in [-0.25, -0.2) is 8.42 Å². The first-order chi connectivity index (χ1) is 14.7. The summed E-state index contributed by atoms with van der Waals surface area (Å²) in [6.07, 6.45) is 1.39. The maximum atomic E-state index is 13.4. The molecule has 164 valence electrons. The summed E-state index contributed by atoms with van der Waals surface area (Å²) in [4.78, 5) is 27.9. The van der Waals surface area contributed by atoms with Crippen molar-refractivity contribution in [2.24, 2.45) is 0 Å². The highest BCUT2D eigenvalue weighted by atomic mass is 35.5. The largest absolute Gasteiger partial charge is 0.367 e. The van der Waals surface area contributed by atoms with Crippen molar-refractivity contribution in [1.82, 2.24) is 4.90 Å². The number of allylic oxidation sites excluding steroid dienone is 2. The van der Waals surface area contributed by atoms with Crippen molar-refractivity contribution in [1.29, 1.82) is 0 Å². The maximum Gasteiger partial charge on any atom is 0.268 e. The van der Waals surface area contributed by atoms with Gasteiger partial charge in [-0.3, -0.25) is 14.3 Å². The van der Waals surface area contributed by atoms with Crippen molar-refractivity contribution in [3.05, 3.63) is 74.8 Å². The van der Waals surface area contributed by atoms with Gasteiger partial charge in [0.1, 0.15) is 5.70 Å². The zero-order valence-corrected chi connectivity index (χ0v) is 19.3. The van der Waals surface area contributed by atoms with E-state index in [1.165, 1.54) is 12.1 Å². The smallest absolute Gasteiger partial charge is 0.268 e. The molecule has 3 rings (SSSR count). The molecule has 0 aliphatic heterocycles. The number of hydrogen-bond acceptors (Lipinski definition) is 5. The molecule has 0 heterocycles. The molecule has 0 fully saturated rings. The summed E-state index contributed by atoms with van der Waals surface area (Å²) < 4.78 is 29.3. The van der Waals surface area contributed by atoms with Crippen LogP contribution >= 0.6 is 11.6 Å². The van der Waals surface area contributed by atoms with E-state index < -0.39 is 26.5 Å². The van der Waals surface area contributed by atoms with E-state index in [0.717, 1.165) is 5.56 Å². The quantitative estimate of drug-likeness (QED) is 0.611. The average Bonchev–Trinajstić information content (AvgIpc) is 2.72. The molecule has 1 aliphatic rings. The predicted molar refractivity (Wildman–Crippen MR) is 123 cm³/mol. The lowest BCUT2D eigenvalue weighted by molar-refractivity contribution is 0.0946. The summed E-state index contributed by atoms with van der Waals surface area (Å²) in [5.74, 6) is -1.15. The fourth-order valence-electron chi connectivity index (χ4n) is 3.61. The van der Waals surface area contributed by atoms with Crippen molar-refractivity contribution in [2.45, 2.75) is 33.6 Å². The minimum atomic E-state index is -4.36. The van der Waals surface area contributed by atoms with Crippen LogP contribution in [0.5, 0.6) is 0 Å². The first-order valence-electron chi connectivity index (χ1n) is 10.2. The van der Waals surface area contributed by atoms with Crippen LogP contribution in [0.15, 0.2) is 53.1 Å².